The van der Waals surface area contributed by atoms with Gasteiger partial charge in [-0.15, -0.1) is 0 Å². The van der Waals surface area contributed by atoms with E-state index in [2.05, 4.69) is 49.2 Å². The number of carbonyl (C=O) groups excluding carboxylic acids is 1. The minimum atomic E-state index is -0.827. The van der Waals surface area contributed by atoms with E-state index in [-0.39, 0.29) is 12.2 Å². The van der Waals surface area contributed by atoms with E-state index in [1.165, 1.54) is 5.56 Å². The van der Waals surface area contributed by atoms with Gasteiger partial charge in [0.05, 0.1) is 5.69 Å². The van der Waals surface area contributed by atoms with Crippen molar-refractivity contribution in [3.05, 3.63) is 106 Å². The average Bonchev–Trinajstić information content (AvgIpc) is 3.21. The SMILES string of the molecule is CC(C)Cc1ccc(C=Cc2cccc(C(=O)c3[nH]c4ccccc4c3CCCC(=O)O)c2)cc1. The summed E-state index contributed by atoms with van der Waals surface area (Å²) in [6, 6.07) is 24.0. The van der Waals surface area contributed by atoms with Crippen molar-refractivity contribution < 1.29 is 14.7 Å². The molecule has 0 spiro atoms. The maximum Gasteiger partial charge on any atom is 0.303 e. The predicted molar refractivity (Wildman–Crippen MR) is 143 cm³/mol. The number of aromatic amines is 1. The van der Waals surface area contributed by atoms with Crippen LogP contribution in [-0.2, 0) is 17.6 Å². The number of carboxylic acid groups (broad SMARTS) is 1. The first-order valence-electron chi connectivity index (χ1n) is 12.1. The van der Waals surface area contributed by atoms with Crippen LogP contribution in [0.3, 0.4) is 0 Å². The third kappa shape index (κ3) is 6.15. The quantitative estimate of drug-likeness (QED) is 0.193. The summed E-state index contributed by atoms with van der Waals surface area (Å²) in [4.78, 5) is 27.8. The average molecular weight is 466 g/mol. The second-order valence-corrected chi connectivity index (χ2v) is 9.40. The number of ketones is 1. The number of aliphatic carboxylic acids is 1. The fraction of sp³-hybridized carbons (Fsp3) is 0.226. The summed E-state index contributed by atoms with van der Waals surface area (Å²) in [5, 5.41) is 10.0. The van der Waals surface area contributed by atoms with Crippen molar-refractivity contribution in [2.45, 2.75) is 39.5 Å². The first kappa shape index (κ1) is 24.2. The third-order valence-electron chi connectivity index (χ3n) is 6.10. The molecule has 0 unspecified atom stereocenters. The molecule has 0 atom stereocenters. The van der Waals surface area contributed by atoms with Gasteiger partial charge in [0.25, 0.3) is 0 Å². The highest BCUT2D eigenvalue weighted by Crippen LogP contribution is 2.26. The van der Waals surface area contributed by atoms with Crippen LogP contribution in [0.15, 0.2) is 72.8 Å². The van der Waals surface area contributed by atoms with Gasteiger partial charge in [0.15, 0.2) is 0 Å². The zero-order chi connectivity index (χ0) is 24.8. The number of rotatable bonds is 10. The number of hydrogen-bond acceptors (Lipinski definition) is 2. The van der Waals surface area contributed by atoms with E-state index in [1.807, 2.05) is 54.6 Å². The molecule has 0 radical (unpaired) electrons. The highest BCUT2D eigenvalue weighted by Gasteiger charge is 2.19. The van der Waals surface area contributed by atoms with Crippen LogP contribution in [0.1, 0.15) is 65.0 Å². The van der Waals surface area contributed by atoms with Gasteiger partial charge in [0.2, 0.25) is 5.78 Å². The molecule has 0 aliphatic heterocycles. The smallest absolute Gasteiger partial charge is 0.303 e. The van der Waals surface area contributed by atoms with Crippen molar-refractivity contribution >= 4 is 34.8 Å². The number of hydrogen-bond donors (Lipinski definition) is 2. The van der Waals surface area contributed by atoms with E-state index in [4.69, 9.17) is 5.11 Å². The second kappa shape index (κ2) is 11.0. The molecule has 0 saturated heterocycles. The number of carbonyl (C=O) groups is 2. The molecule has 0 bridgehead atoms. The molecule has 35 heavy (non-hydrogen) atoms. The van der Waals surface area contributed by atoms with Crippen molar-refractivity contribution in [2.75, 3.05) is 0 Å². The summed E-state index contributed by atoms with van der Waals surface area (Å²) >= 11 is 0. The fourth-order valence-electron chi connectivity index (χ4n) is 4.43. The predicted octanol–water partition coefficient (Wildman–Crippen LogP) is 7.18. The number of aromatic nitrogens is 1. The van der Waals surface area contributed by atoms with Crippen LogP contribution >= 0.6 is 0 Å². The van der Waals surface area contributed by atoms with Gasteiger partial charge in [-0.2, -0.15) is 0 Å². The largest absolute Gasteiger partial charge is 0.481 e. The number of nitrogens with one attached hydrogen (secondary N) is 1. The standard InChI is InChI=1S/C31H31NO3/c1-21(2)19-24-17-14-22(15-18-24)13-16-23-7-5-8-25(20-23)31(35)30-27(10-6-12-29(33)34)26-9-3-4-11-28(26)32-30/h3-5,7-9,11,13-18,20-21,32H,6,10,12,19H2,1-2H3,(H,33,34). The van der Waals surface area contributed by atoms with Crippen LogP contribution in [0.25, 0.3) is 23.1 Å². The van der Waals surface area contributed by atoms with E-state index in [9.17, 15) is 9.59 Å². The zero-order valence-electron chi connectivity index (χ0n) is 20.3. The minimum Gasteiger partial charge on any atom is -0.481 e. The molecule has 4 aromatic rings. The van der Waals surface area contributed by atoms with Gasteiger partial charge in [-0.3, -0.25) is 9.59 Å². The number of para-hydroxylation sites is 1. The molecule has 1 aromatic heterocycles. The summed E-state index contributed by atoms with van der Waals surface area (Å²) in [6.07, 6.45) is 6.24. The Bertz CT molecular complexity index is 1360. The maximum absolute atomic E-state index is 13.5. The summed E-state index contributed by atoms with van der Waals surface area (Å²) in [5.41, 5.74) is 6.31. The van der Waals surface area contributed by atoms with Gasteiger partial charge in [0, 0.05) is 22.9 Å². The first-order chi connectivity index (χ1) is 16.9. The number of fused-ring (bicyclic) bond motifs is 1. The molecular formula is C31H31NO3. The Hall–Kier alpha value is -3.92. The van der Waals surface area contributed by atoms with Gasteiger partial charge in [-0.1, -0.05) is 86.7 Å². The molecule has 4 heteroatoms. The summed E-state index contributed by atoms with van der Waals surface area (Å²) in [7, 11) is 0. The van der Waals surface area contributed by atoms with Crippen LogP contribution < -0.4 is 0 Å². The lowest BCUT2D eigenvalue weighted by Crippen LogP contribution is -2.06. The molecule has 0 fully saturated rings. The molecule has 3 aromatic carbocycles. The van der Waals surface area contributed by atoms with Crippen molar-refractivity contribution in [1.29, 1.82) is 0 Å². The summed E-state index contributed by atoms with van der Waals surface area (Å²) in [5.74, 6) is -0.279. The van der Waals surface area contributed by atoms with Crippen molar-refractivity contribution in [3.63, 3.8) is 0 Å². The number of benzene rings is 3. The van der Waals surface area contributed by atoms with Crippen molar-refractivity contribution in [3.8, 4) is 0 Å². The van der Waals surface area contributed by atoms with E-state index in [0.717, 1.165) is 34.0 Å². The molecule has 0 aliphatic rings. The monoisotopic (exact) mass is 465 g/mol. The van der Waals surface area contributed by atoms with E-state index < -0.39 is 5.97 Å². The van der Waals surface area contributed by atoms with Crippen LogP contribution in [0.2, 0.25) is 0 Å². The molecule has 0 aliphatic carbocycles. The molecular weight excluding hydrogens is 434 g/mol. The summed E-state index contributed by atoms with van der Waals surface area (Å²) < 4.78 is 0. The van der Waals surface area contributed by atoms with E-state index in [1.54, 1.807) is 0 Å². The van der Waals surface area contributed by atoms with Crippen LogP contribution in [-0.4, -0.2) is 21.8 Å². The Morgan fingerprint density at radius 1 is 0.914 bits per heavy atom. The fourth-order valence-corrected chi connectivity index (χ4v) is 4.43. The van der Waals surface area contributed by atoms with Crippen LogP contribution in [0, 0.1) is 5.92 Å². The van der Waals surface area contributed by atoms with Gasteiger partial charge in [-0.05, 0) is 59.6 Å². The Morgan fingerprint density at radius 3 is 2.40 bits per heavy atom. The minimum absolute atomic E-state index is 0.0753. The molecule has 2 N–H and O–H groups in total. The number of H-pyrrole nitrogens is 1. The Morgan fingerprint density at radius 2 is 1.66 bits per heavy atom. The molecule has 0 saturated carbocycles. The zero-order valence-corrected chi connectivity index (χ0v) is 20.3. The third-order valence-corrected chi connectivity index (χ3v) is 6.10. The Kier molecular flexibility index (Phi) is 7.61. The molecule has 4 rings (SSSR count). The lowest BCUT2D eigenvalue weighted by Gasteiger charge is -2.06. The normalized spacial score (nSPS) is 11.5. The molecule has 0 amide bonds. The molecule has 4 nitrogen and oxygen atoms in total. The van der Waals surface area contributed by atoms with Gasteiger partial charge < -0.3 is 10.1 Å². The van der Waals surface area contributed by atoms with Crippen molar-refractivity contribution in [2.24, 2.45) is 5.92 Å². The summed E-state index contributed by atoms with van der Waals surface area (Å²) in [6.45, 7) is 4.44. The highest BCUT2D eigenvalue weighted by molar-refractivity contribution is 6.12. The maximum atomic E-state index is 13.5. The van der Waals surface area contributed by atoms with Gasteiger partial charge in [-0.25, -0.2) is 0 Å². The number of aryl methyl sites for hydroxylation is 1. The number of carboxylic acids is 1. The lowest BCUT2D eigenvalue weighted by atomic mass is 9.98. The molecule has 178 valence electrons. The van der Waals surface area contributed by atoms with Crippen LogP contribution in [0.5, 0.6) is 0 Å². The topological polar surface area (TPSA) is 70.2 Å². The molecule has 1 heterocycles. The van der Waals surface area contributed by atoms with E-state index >= 15 is 0 Å². The van der Waals surface area contributed by atoms with Crippen molar-refractivity contribution in [1.82, 2.24) is 4.98 Å². The Balaban J connectivity index is 1.57. The van der Waals surface area contributed by atoms with E-state index in [0.29, 0.717) is 30.0 Å². The highest BCUT2D eigenvalue weighted by atomic mass is 16.4. The van der Waals surface area contributed by atoms with Gasteiger partial charge >= 0.3 is 5.97 Å². The second-order valence-electron chi connectivity index (χ2n) is 9.40. The van der Waals surface area contributed by atoms with Crippen LogP contribution in [0.4, 0.5) is 0 Å². The lowest BCUT2D eigenvalue weighted by molar-refractivity contribution is -0.137. The first-order valence-corrected chi connectivity index (χ1v) is 12.1. The Labute approximate surface area is 206 Å². The van der Waals surface area contributed by atoms with Gasteiger partial charge in [0.1, 0.15) is 0 Å².